The largest absolute Gasteiger partial charge is 0.326 e. The fourth-order valence-corrected chi connectivity index (χ4v) is 4.64. The number of rotatable bonds is 3. The van der Waals surface area contributed by atoms with Crippen LogP contribution >= 0.6 is 0 Å². The molecule has 0 unspecified atom stereocenters. The van der Waals surface area contributed by atoms with Crippen LogP contribution < -0.4 is 10.2 Å². The molecule has 31 heavy (non-hydrogen) atoms. The first-order chi connectivity index (χ1) is 14.8. The van der Waals surface area contributed by atoms with Crippen molar-refractivity contribution < 1.29 is 13.6 Å². The van der Waals surface area contributed by atoms with E-state index in [0.29, 0.717) is 6.54 Å². The van der Waals surface area contributed by atoms with Crippen LogP contribution in [0.1, 0.15) is 37.8 Å². The van der Waals surface area contributed by atoms with E-state index in [0.717, 1.165) is 55.9 Å². The zero-order valence-electron chi connectivity index (χ0n) is 18.3. The Labute approximate surface area is 182 Å². The first-order valence-electron chi connectivity index (χ1n) is 10.8. The Bertz CT molecular complexity index is 1020. The molecule has 2 aliphatic heterocycles. The van der Waals surface area contributed by atoms with Gasteiger partial charge in [0.05, 0.1) is 5.69 Å². The second-order valence-corrected chi connectivity index (χ2v) is 9.02. The molecule has 4 rings (SSSR count). The van der Waals surface area contributed by atoms with E-state index in [1.54, 1.807) is 4.90 Å². The lowest BCUT2D eigenvalue weighted by Crippen LogP contribution is -2.46. The molecule has 6 heteroatoms. The second-order valence-electron chi connectivity index (χ2n) is 9.02. The van der Waals surface area contributed by atoms with Crippen LogP contribution in [0.4, 0.5) is 25.0 Å². The van der Waals surface area contributed by atoms with Gasteiger partial charge in [0.1, 0.15) is 11.6 Å². The molecule has 0 aromatic heterocycles. The number of hydrogen-bond acceptors (Lipinski definition) is 2. The van der Waals surface area contributed by atoms with Gasteiger partial charge in [-0.3, -0.25) is 9.80 Å². The first-order valence-corrected chi connectivity index (χ1v) is 10.8. The number of nitrogens with one attached hydrogen (secondary N) is 1. The van der Waals surface area contributed by atoms with E-state index in [1.807, 2.05) is 12.1 Å². The molecule has 1 spiro atoms. The second kappa shape index (κ2) is 8.42. The van der Waals surface area contributed by atoms with Crippen molar-refractivity contribution in [3.05, 3.63) is 70.8 Å². The summed E-state index contributed by atoms with van der Waals surface area (Å²) in [5.41, 5.74) is 4.45. The molecule has 2 aromatic rings. The van der Waals surface area contributed by atoms with Gasteiger partial charge in [-0.25, -0.2) is 13.6 Å². The van der Waals surface area contributed by atoms with Crippen LogP contribution in [-0.2, 0) is 5.41 Å². The molecular weight excluding hydrogens is 396 g/mol. The van der Waals surface area contributed by atoms with E-state index in [4.69, 9.17) is 0 Å². The fourth-order valence-electron chi connectivity index (χ4n) is 4.64. The summed E-state index contributed by atoms with van der Waals surface area (Å²) in [6.45, 7) is 9.75. The van der Waals surface area contributed by atoms with Gasteiger partial charge in [0.2, 0.25) is 0 Å². The SMILES string of the molecule is CC(C)=CCN1CCC2(CC1)CN(C(=O)Nc1ccc(F)cc1F)c1ccc(C)cc12. The van der Waals surface area contributed by atoms with E-state index < -0.39 is 11.6 Å². The molecule has 0 bridgehead atoms. The number of urea groups is 1. The molecule has 2 aliphatic rings. The van der Waals surface area contributed by atoms with Gasteiger partial charge in [-0.15, -0.1) is 0 Å². The van der Waals surface area contributed by atoms with Crippen molar-refractivity contribution in [2.24, 2.45) is 0 Å². The summed E-state index contributed by atoms with van der Waals surface area (Å²) in [5.74, 6) is -1.45. The van der Waals surface area contributed by atoms with E-state index in [2.05, 4.69) is 43.1 Å². The number of nitrogens with zero attached hydrogens (tertiary/aromatic N) is 2. The lowest BCUT2D eigenvalue weighted by molar-refractivity contribution is 0.180. The molecule has 4 nitrogen and oxygen atoms in total. The predicted octanol–water partition coefficient (Wildman–Crippen LogP) is 5.63. The third-order valence-corrected chi connectivity index (χ3v) is 6.46. The van der Waals surface area contributed by atoms with E-state index in [-0.39, 0.29) is 17.1 Å². The Balaban J connectivity index is 1.56. The van der Waals surface area contributed by atoms with Gasteiger partial charge < -0.3 is 5.32 Å². The van der Waals surface area contributed by atoms with Crippen LogP contribution in [0.2, 0.25) is 0 Å². The van der Waals surface area contributed by atoms with Gasteiger partial charge in [-0.2, -0.15) is 0 Å². The van der Waals surface area contributed by atoms with Crippen molar-refractivity contribution in [1.29, 1.82) is 0 Å². The molecule has 1 N–H and O–H groups in total. The minimum atomic E-state index is -0.779. The number of benzene rings is 2. The van der Waals surface area contributed by atoms with Gasteiger partial charge in [0, 0.05) is 30.3 Å². The van der Waals surface area contributed by atoms with E-state index >= 15 is 0 Å². The van der Waals surface area contributed by atoms with Gasteiger partial charge in [-0.1, -0.05) is 29.3 Å². The van der Waals surface area contributed by atoms with Crippen molar-refractivity contribution in [2.75, 3.05) is 36.4 Å². The lowest BCUT2D eigenvalue weighted by atomic mass is 9.74. The highest BCUT2D eigenvalue weighted by Gasteiger charge is 2.46. The average molecular weight is 426 g/mol. The highest BCUT2D eigenvalue weighted by Crippen LogP contribution is 2.47. The molecule has 0 radical (unpaired) electrons. The van der Waals surface area contributed by atoms with E-state index in [1.165, 1.54) is 17.2 Å². The molecule has 2 aromatic carbocycles. The molecule has 0 saturated carbocycles. The Morgan fingerprint density at radius 1 is 1.13 bits per heavy atom. The van der Waals surface area contributed by atoms with Gasteiger partial charge in [-0.05, 0) is 70.5 Å². The van der Waals surface area contributed by atoms with Crippen LogP contribution in [0.25, 0.3) is 0 Å². The van der Waals surface area contributed by atoms with Crippen LogP contribution in [0.3, 0.4) is 0 Å². The molecule has 164 valence electrons. The Kier molecular flexibility index (Phi) is 5.84. The molecule has 1 fully saturated rings. The number of anilines is 2. The minimum absolute atomic E-state index is 0.0162. The Morgan fingerprint density at radius 3 is 2.55 bits per heavy atom. The highest BCUT2D eigenvalue weighted by atomic mass is 19.1. The van der Waals surface area contributed by atoms with Crippen LogP contribution in [0.5, 0.6) is 0 Å². The normalized spacial score (nSPS) is 17.5. The molecule has 1 saturated heterocycles. The summed E-state index contributed by atoms with van der Waals surface area (Å²) < 4.78 is 27.3. The Hall–Kier alpha value is -2.73. The summed E-state index contributed by atoms with van der Waals surface area (Å²) in [6, 6.07) is 8.96. The molecule has 2 heterocycles. The van der Waals surface area contributed by atoms with Crippen LogP contribution in [0, 0.1) is 18.6 Å². The van der Waals surface area contributed by atoms with Gasteiger partial charge in [0.15, 0.2) is 0 Å². The quantitative estimate of drug-likeness (QED) is 0.648. The van der Waals surface area contributed by atoms with Crippen molar-refractivity contribution in [1.82, 2.24) is 4.90 Å². The smallest absolute Gasteiger partial charge is 0.305 e. The summed E-state index contributed by atoms with van der Waals surface area (Å²) in [6.07, 6.45) is 4.19. The van der Waals surface area contributed by atoms with Crippen molar-refractivity contribution in [3.63, 3.8) is 0 Å². The average Bonchev–Trinajstić information content (AvgIpc) is 3.03. The van der Waals surface area contributed by atoms with Crippen molar-refractivity contribution in [3.8, 4) is 0 Å². The maximum absolute atomic E-state index is 14.1. The zero-order valence-corrected chi connectivity index (χ0v) is 18.3. The summed E-state index contributed by atoms with van der Waals surface area (Å²) in [4.78, 5) is 17.3. The van der Waals surface area contributed by atoms with Gasteiger partial charge >= 0.3 is 6.03 Å². The third-order valence-electron chi connectivity index (χ3n) is 6.46. The molecule has 0 atom stereocenters. The molecule has 2 amide bonds. The number of aryl methyl sites for hydroxylation is 1. The number of likely N-dealkylation sites (tertiary alicyclic amines) is 1. The van der Waals surface area contributed by atoms with Crippen molar-refractivity contribution >= 4 is 17.4 Å². The number of carbonyl (C=O) groups is 1. The standard InChI is InChI=1S/C25H29F2N3O/c1-17(2)8-11-29-12-9-25(10-13-29)16-30(23-7-4-18(3)14-20(23)25)24(31)28-22-6-5-19(26)15-21(22)27/h4-8,14-15H,9-13,16H2,1-3H3,(H,28,31). The Morgan fingerprint density at radius 2 is 1.87 bits per heavy atom. The lowest BCUT2D eigenvalue weighted by Gasteiger charge is -2.39. The highest BCUT2D eigenvalue weighted by molar-refractivity contribution is 6.03. The summed E-state index contributed by atoms with van der Waals surface area (Å²) in [5, 5.41) is 2.63. The maximum atomic E-state index is 14.1. The van der Waals surface area contributed by atoms with E-state index in [9.17, 15) is 13.6 Å². The van der Waals surface area contributed by atoms with Crippen LogP contribution in [0.15, 0.2) is 48.0 Å². The number of allylic oxidation sites excluding steroid dienone is 1. The number of hydrogen-bond donors (Lipinski definition) is 1. The summed E-state index contributed by atoms with van der Waals surface area (Å²) in [7, 11) is 0. The maximum Gasteiger partial charge on any atom is 0.326 e. The number of carbonyl (C=O) groups excluding carboxylic acids is 1. The molecular formula is C25H29F2N3O. The van der Waals surface area contributed by atoms with Gasteiger partial charge in [0.25, 0.3) is 0 Å². The monoisotopic (exact) mass is 425 g/mol. The predicted molar refractivity (Wildman–Crippen MR) is 121 cm³/mol. The third kappa shape index (κ3) is 4.35. The fraction of sp³-hybridized carbons (Fsp3) is 0.400. The number of amides is 2. The van der Waals surface area contributed by atoms with Crippen molar-refractivity contribution in [2.45, 2.75) is 39.0 Å². The minimum Gasteiger partial charge on any atom is -0.305 e. The zero-order chi connectivity index (χ0) is 22.2. The number of halogens is 2. The van der Waals surface area contributed by atoms with Crippen LogP contribution in [-0.4, -0.2) is 37.1 Å². The molecule has 0 aliphatic carbocycles. The number of piperidine rings is 1. The summed E-state index contributed by atoms with van der Waals surface area (Å²) >= 11 is 0. The first kappa shape index (κ1) is 21.5. The number of fused-ring (bicyclic) bond motifs is 2. The topological polar surface area (TPSA) is 35.6 Å².